The van der Waals surface area contributed by atoms with Crippen LogP contribution in [-0.2, 0) is 9.59 Å². The van der Waals surface area contributed by atoms with E-state index in [1.165, 1.54) is 0 Å². The van der Waals surface area contributed by atoms with Crippen molar-refractivity contribution in [2.45, 2.75) is 18.9 Å². The Hall–Kier alpha value is -0.810. The Morgan fingerprint density at radius 3 is 2.69 bits per heavy atom. The van der Waals surface area contributed by atoms with Crippen molar-refractivity contribution < 1.29 is 9.59 Å². The summed E-state index contributed by atoms with van der Waals surface area (Å²) in [5.74, 6) is -0.700. The highest BCUT2D eigenvalue weighted by Gasteiger charge is 2.27. The number of nitrogens with two attached hydrogens (primary N) is 2. The van der Waals surface area contributed by atoms with Gasteiger partial charge in [-0.25, -0.2) is 0 Å². The minimum absolute atomic E-state index is 0. The Morgan fingerprint density at radius 1 is 1.69 bits per heavy atom. The molecule has 2 unspecified atom stereocenters. The van der Waals surface area contributed by atoms with Gasteiger partial charge in [0.25, 0.3) is 0 Å². The van der Waals surface area contributed by atoms with Crippen molar-refractivity contribution in [3.63, 3.8) is 0 Å². The highest BCUT2D eigenvalue weighted by atomic mass is 35.5. The lowest BCUT2D eigenvalue weighted by molar-refractivity contribution is -0.123. The number of hydrogen-bond donors (Lipinski definition) is 3. The molecule has 0 radical (unpaired) electrons. The molecule has 1 saturated heterocycles. The Morgan fingerprint density at radius 2 is 2.31 bits per heavy atom. The maximum Gasteiger partial charge on any atom is 0.234 e. The lowest BCUT2D eigenvalue weighted by atomic mass is 9.99. The van der Waals surface area contributed by atoms with Gasteiger partial charge in [0.15, 0.2) is 0 Å². The van der Waals surface area contributed by atoms with E-state index in [1.807, 2.05) is 0 Å². The Balaban J connectivity index is 0.00000144. The van der Waals surface area contributed by atoms with E-state index in [4.69, 9.17) is 11.5 Å². The third-order valence-corrected chi connectivity index (χ3v) is 2.07. The summed E-state index contributed by atoms with van der Waals surface area (Å²) in [4.78, 5) is 21.6. The van der Waals surface area contributed by atoms with Crippen LogP contribution in [0.1, 0.15) is 12.8 Å². The average molecular weight is 208 g/mol. The van der Waals surface area contributed by atoms with Crippen LogP contribution in [0.25, 0.3) is 0 Å². The highest BCUT2D eigenvalue weighted by Crippen LogP contribution is 2.14. The molecule has 5 N–H and O–H groups in total. The van der Waals surface area contributed by atoms with Gasteiger partial charge in [0, 0.05) is 12.5 Å². The summed E-state index contributed by atoms with van der Waals surface area (Å²) in [6, 6.07) is -0.696. The Kier molecular flexibility index (Phi) is 4.72. The van der Waals surface area contributed by atoms with Gasteiger partial charge in [-0.15, -0.1) is 12.4 Å². The van der Waals surface area contributed by atoms with Gasteiger partial charge in [0.05, 0.1) is 6.04 Å². The first kappa shape index (κ1) is 12.2. The standard InChI is InChI=1S/C7H13N3O2.ClH/c8-5(6(9)11)3-4-1-2-10-7(4)12;/h4-5H,1-3,8H2,(H2,9,11)(H,10,12);1H. The van der Waals surface area contributed by atoms with Crippen molar-refractivity contribution in [3.8, 4) is 0 Å². The van der Waals surface area contributed by atoms with Gasteiger partial charge in [-0.3, -0.25) is 9.59 Å². The lowest BCUT2D eigenvalue weighted by Crippen LogP contribution is -2.39. The van der Waals surface area contributed by atoms with E-state index in [0.29, 0.717) is 13.0 Å². The van der Waals surface area contributed by atoms with Crippen molar-refractivity contribution in [3.05, 3.63) is 0 Å². The first-order valence-electron chi connectivity index (χ1n) is 3.94. The molecule has 0 aliphatic carbocycles. The van der Waals surface area contributed by atoms with E-state index >= 15 is 0 Å². The van der Waals surface area contributed by atoms with Crippen LogP contribution in [0, 0.1) is 5.92 Å². The molecule has 1 rings (SSSR count). The molecule has 0 aromatic carbocycles. The fourth-order valence-corrected chi connectivity index (χ4v) is 1.29. The number of rotatable bonds is 3. The van der Waals surface area contributed by atoms with Crippen LogP contribution in [0.4, 0.5) is 0 Å². The second-order valence-electron chi connectivity index (χ2n) is 3.02. The maximum atomic E-state index is 11.0. The predicted octanol–water partition coefficient (Wildman–Crippen LogP) is -1.25. The molecule has 1 aliphatic heterocycles. The molecule has 0 spiro atoms. The Bertz CT molecular complexity index is 210. The molecule has 0 bridgehead atoms. The summed E-state index contributed by atoms with van der Waals surface area (Å²) in [5, 5.41) is 2.67. The monoisotopic (exact) mass is 207 g/mol. The topological polar surface area (TPSA) is 98.2 Å². The van der Waals surface area contributed by atoms with Crippen molar-refractivity contribution in [1.82, 2.24) is 5.32 Å². The third-order valence-electron chi connectivity index (χ3n) is 2.07. The molecule has 1 aliphatic rings. The summed E-state index contributed by atoms with van der Waals surface area (Å²) in [7, 11) is 0. The molecule has 0 aromatic rings. The molecule has 0 aromatic heterocycles. The minimum atomic E-state index is -0.696. The van der Waals surface area contributed by atoms with Gasteiger partial charge in [0.1, 0.15) is 0 Å². The van der Waals surface area contributed by atoms with E-state index in [9.17, 15) is 9.59 Å². The second kappa shape index (κ2) is 5.04. The normalized spacial score (nSPS) is 23.2. The largest absolute Gasteiger partial charge is 0.368 e. The van der Waals surface area contributed by atoms with Gasteiger partial charge in [0.2, 0.25) is 11.8 Å². The van der Waals surface area contributed by atoms with Crippen molar-refractivity contribution >= 4 is 24.2 Å². The van der Waals surface area contributed by atoms with Gasteiger partial charge in [-0.2, -0.15) is 0 Å². The molecule has 76 valence electrons. The summed E-state index contributed by atoms with van der Waals surface area (Å²) < 4.78 is 0. The number of hydrogen-bond acceptors (Lipinski definition) is 3. The maximum absolute atomic E-state index is 11.0. The molecular formula is C7H14ClN3O2. The predicted molar refractivity (Wildman–Crippen MR) is 50.2 cm³/mol. The van der Waals surface area contributed by atoms with Gasteiger partial charge >= 0.3 is 0 Å². The quantitative estimate of drug-likeness (QED) is 0.539. The number of nitrogens with one attached hydrogen (secondary N) is 1. The van der Waals surface area contributed by atoms with Gasteiger partial charge < -0.3 is 16.8 Å². The minimum Gasteiger partial charge on any atom is -0.368 e. The van der Waals surface area contributed by atoms with Crippen LogP contribution in [0.2, 0.25) is 0 Å². The first-order chi connectivity index (χ1) is 5.61. The van der Waals surface area contributed by atoms with Gasteiger partial charge in [-0.1, -0.05) is 0 Å². The van der Waals surface area contributed by atoms with E-state index in [2.05, 4.69) is 5.32 Å². The summed E-state index contributed by atoms with van der Waals surface area (Å²) in [5.41, 5.74) is 10.4. The zero-order valence-electron chi connectivity index (χ0n) is 7.16. The summed E-state index contributed by atoms with van der Waals surface area (Å²) >= 11 is 0. The summed E-state index contributed by atoms with van der Waals surface area (Å²) in [6.07, 6.45) is 1.11. The molecule has 13 heavy (non-hydrogen) atoms. The first-order valence-corrected chi connectivity index (χ1v) is 3.94. The number of carbonyl (C=O) groups is 2. The third kappa shape index (κ3) is 3.20. The summed E-state index contributed by atoms with van der Waals surface area (Å²) in [6.45, 7) is 0.676. The zero-order chi connectivity index (χ0) is 9.14. The molecule has 2 atom stereocenters. The Labute approximate surface area is 82.6 Å². The van der Waals surface area contributed by atoms with Crippen molar-refractivity contribution in [2.24, 2.45) is 17.4 Å². The van der Waals surface area contributed by atoms with Crippen molar-refractivity contribution in [1.29, 1.82) is 0 Å². The van der Waals surface area contributed by atoms with E-state index in [0.717, 1.165) is 6.42 Å². The van der Waals surface area contributed by atoms with E-state index in [-0.39, 0.29) is 24.2 Å². The van der Waals surface area contributed by atoms with Crippen LogP contribution in [0.5, 0.6) is 0 Å². The second-order valence-corrected chi connectivity index (χ2v) is 3.02. The van der Waals surface area contributed by atoms with Crippen LogP contribution in [-0.4, -0.2) is 24.4 Å². The molecule has 1 heterocycles. The number of carbonyl (C=O) groups excluding carboxylic acids is 2. The van der Waals surface area contributed by atoms with E-state index in [1.54, 1.807) is 0 Å². The van der Waals surface area contributed by atoms with E-state index < -0.39 is 11.9 Å². The fourth-order valence-electron chi connectivity index (χ4n) is 1.29. The number of amides is 2. The zero-order valence-corrected chi connectivity index (χ0v) is 7.97. The number of primary amides is 1. The molecular weight excluding hydrogens is 194 g/mol. The SMILES string of the molecule is Cl.NC(=O)C(N)CC1CCNC1=O. The van der Waals surface area contributed by atoms with Crippen LogP contribution < -0.4 is 16.8 Å². The van der Waals surface area contributed by atoms with Crippen molar-refractivity contribution in [2.75, 3.05) is 6.54 Å². The molecule has 6 heteroatoms. The van der Waals surface area contributed by atoms with Crippen LogP contribution >= 0.6 is 12.4 Å². The molecule has 2 amide bonds. The lowest BCUT2D eigenvalue weighted by Gasteiger charge is -2.10. The highest BCUT2D eigenvalue weighted by molar-refractivity contribution is 5.85. The average Bonchev–Trinajstić information content (AvgIpc) is 2.36. The molecule has 0 saturated carbocycles. The molecule has 5 nitrogen and oxygen atoms in total. The van der Waals surface area contributed by atoms with Crippen LogP contribution in [0.15, 0.2) is 0 Å². The number of halogens is 1. The molecule has 1 fully saturated rings. The smallest absolute Gasteiger partial charge is 0.234 e. The van der Waals surface area contributed by atoms with Gasteiger partial charge in [-0.05, 0) is 12.8 Å². The fraction of sp³-hybridized carbons (Fsp3) is 0.714. The van der Waals surface area contributed by atoms with Crippen LogP contribution in [0.3, 0.4) is 0 Å².